The van der Waals surface area contributed by atoms with Crippen LogP contribution in [0.1, 0.15) is 51.4 Å². The number of nitrogens with two attached hydrogens (primary N) is 2. The van der Waals surface area contributed by atoms with Gasteiger partial charge in [-0.25, -0.2) is 0 Å². The molecular weight excluding hydrogens is 348 g/mol. The molecule has 0 radical (unpaired) electrons. The second kappa shape index (κ2) is 9.71. The monoisotopic (exact) mass is 380 g/mol. The van der Waals surface area contributed by atoms with Crippen LogP contribution < -0.4 is 16.8 Å². The van der Waals surface area contributed by atoms with Gasteiger partial charge in [-0.1, -0.05) is 12.8 Å². The summed E-state index contributed by atoms with van der Waals surface area (Å²) in [5.41, 5.74) is 10.7. The molecule has 152 valence electrons. The molecule has 4 amide bonds. The van der Waals surface area contributed by atoms with Crippen molar-refractivity contribution in [1.29, 1.82) is 0 Å². The van der Waals surface area contributed by atoms with Crippen molar-refractivity contribution in [3.8, 4) is 0 Å². The minimum absolute atomic E-state index is 0.00154. The summed E-state index contributed by atoms with van der Waals surface area (Å²) in [5.74, 6) is -1.54. The minimum atomic E-state index is -0.334. The van der Waals surface area contributed by atoms with E-state index in [0.717, 1.165) is 38.5 Å². The SMILES string of the molecule is CN(CCNC(=O)C1CCCC(C(N)=O)C1)C(=O)C1CCCC(C(N)=O)C1. The number of carbonyl (C=O) groups excluding carboxylic acids is 4. The first-order valence-corrected chi connectivity index (χ1v) is 9.91. The molecule has 2 fully saturated rings. The fourth-order valence-electron chi connectivity index (χ4n) is 4.27. The van der Waals surface area contributed by atoms with E-state index in [1.165, 1.54) is 0 Å². The highest BCUT2D eigenvalue weighted by Crippen LogP contribution is 2.30. The number of likely N-dealkylation sites (N-methyl/N-ethyl adjacent to an activating group) is 1. The van der Waals surface area contributed by atoms with E-state index >= 15 is 0 Å². The third-order valence-electron chi connectivity index (χ3n) is 6.00. The van der Waals surface area contributed by atoms with Crippen LogP contribution in [0.5, 0.6) is 0 Å². The van der Waals surface area contributed by atoms with Crippen molar-refractivity contribution in [1.82, 2.24) is 10.2 Å². The van der Waals surface area contributed by atoms with Gasteiger partial charge < -0.3 is 21.7 Å². The smallest absolute Gasteiger partial charge is 0.225 e. The van der Waals surface area contributed by atoms with Crippen molar-refractivity contribution >= 4 is 23.6 Å². The van der Waals surface area contributed by atoms with Crippen molar-refractivity contribution in [2.24, 2.45) is 35.1 Å². The molecule has 2 saturated carbocycles. The van der Waals surface area contributed by atoms with Gasteiger partial charge in [0, 0.05) is 43.8 Å². The molecule has 5 N–H and O–H groups in total. The highest BCUT2D eigenvalue weighted by Gasteiger charge is 2.32. The molecule has 2 aliphatic carbocycles. The lowest BCUT2D eigenvalue weighted by atomic mass is 9.80. The van der Waals surface area contributed by atoms with E-state index in [-0.39, 0.29) is 47.3 Å². The molecule has 0 saturated heterocycles. The first-order chi connectivity index (χ1) is 12.8. The van der Waals surface area contributed by atoms with Crippen LogP contribution in [0.4, 0.5) is 0 Å². The number of primary amides is 2. The lowest BCUT2D eigenvalue weighted by Gasteiger charge is -2.30. The highest BCUT2D eigenvalue weighted by molar-refractivity contribution is 5.82. The fourth-order valence-corrected chi connectivity index (χ4v) is 4.27. The summed E-state index contributed by atoms with van der Waals surface area (Å²) < 4.78 is 0. The molecule has 0 bridgehead atoms. The van der Waals surface area contributed by atoms with Gasteiger partial charge in [0.1, 0.15) is 0 Å². The predicted octanol–water partition coefficient (Wildman–Crippen LogP) is 0.144. The maximum absolute atomic E-state index is 12.6. The molecule has 2 rings (SSSR count). The van der Waals surface area contributed by atoms with E-state index < -0.39 is 0 Å². The summed E-state index contributed by atoms with van der Waals surface area (Å²) in [7, 11) is 1.71. The van der Waals surface area contributed by atoms with E-state index in [0.29, 0.717) is 25.9 Å². The van der Waals surface area contributed by atoms with Gasteiger partial charge >= 0.3 is 0 Å². The lowest BCUT2D eigenvalue weighted by Crippen LogP contribution is -2.43. The Balaban J connectivity index is 1.74. The number of rotatable bonds is 7. The second-order valence-corrected chi connectivity index (χ2v) is 7.98. The Morgan fingerprint density at radius 3 is 1.89 bits per heavy atom. The molecular formula is C19H32N4O4. The molecule has 4 unspecified atom stereocenters. The van der Waals surface area contributed by atoms with Crippen molar-refractivity contribution in [2.75, 3.05) is 20.1 Å². The predicted molar refractivity (Wildman–Crippen MR) is 99.9 cm³/mol. The second-order valence-electron chi connectivity index (χ2n) is 7.98. The molecule has 0 aromatic rings. The fraction of sp³-hybridized carbons (Fsp3) is 0.789. The van der Waals surface area contributed by atoms with Crippen LogP contribution in [0.3, 0.4) is 0 Å². The lowest BCUT2D eigenvalue weighted by molar-refractivity contribution is -0.137. The standard InChI is InChI=1S/C19H32N4O4/c1-23(19(27)15-7-3-5-13(11-15)17(21)25)9-8-22-18(26)14-6-2-4-12(10-14)16(20)24/h12-15H,2-11H2,1H3,(H2,20,24)(H2,21,25)(H,22,26). The van der Waals surface area contributed by atoms with Gasteiger partial charge in [0.2, 0.25) is 23.6 Å². The van der Waals surface area contributed by atoms with Crippen LogP contribution in [0.2, 0.25) is 0 Å². The minimum Gasteiger partial charge on any atom is -0.369 e. The van der Waals surface area contributed by atoms with Crippen LogP contribution in [0.25, 0.3) is 0 Å². The molecule has 2 aliphatic rings. The Labute approximate surface area is 160 Å². The maximum Gasteiger partial charge on any atom is 0.225 e. The van der Waals surface area contributed by atoms with Gasteiger partial charge in [-0.05, 0) is 38.5 Å². The number of nitrogens with zero attached hydrogens (tertiary/aromatic N) is 1. The van der Waals surface area contributed by atoms with Crippen molar-refractivity contribution in [3.05, 3.63) is 0 Å². The number of hydrogen-bond acceptors (Lipinski definition) is 4. The van der Waals surface area contributed by atoms with E-state index in [4.69, 9.17) is 11.5 Å². The molecule has 8 heteroatoms. The molecule has 0 aromatic heterocycles. The first kappa shape index (κ1) is 21.2. The van der Waals surface area contributed by atoms with Gasteiger partial charge in [0.25, 0.3) is 0 Å². The van der Waals surface area contributed by atoms with Crippen LogP contribution in [0.15, 0.2) is 0 Å². The van der Waals surface area contributed by atoms with Crippen LogP contribution in [-0.4, -0.2) is 48.7 Å². The third-order valence-corrected chi connectivity index (χ3v) is 6.00. The number of nitrogens with one attached hydrogen (secondary N) is 1. The topological polar surface area (TPSA) is 136 Å². The Kier molecular flexibility index (Phi) is 7.62. The van der Waals surface area contributed by atoms with E-state index in [1.807, 2.05) is 0 Å². The Morgan fingerprint density at radius 1 is 0.852 bits per heavy atom. The number of hydrogen-bond donors (Lipinski definition) is 3. The number of carbonyl (C=O) groups is 4. The zero-order chi connectivity index (χ0) is 20.0. The normalized spacial score (nSPS) is 28.2. The van der Waals surface area contributed by atoms with E-state index in [9.17, 15) is 19.2 Å². The average molecular weight is 380 g/mol. The molecule has 8 nitrogen and oxygen atoms in total. The molecule has 0 spiro atoms. The van der Waals surface area contributed by atoms with Gasteiger partial charge in [0.05, 0.1) is 0 Å². The summed E-state index contributed by atoms with van der Waals surface area (Å²) in [4.78, 5) is 49.2. The molecule has 27 heavy (non-hydrogen) atoms. The first-order valence-electron chi connectivity index (χ1n) is 9.91. The van der Waals surface area contributed by atoms with Gasteiger partial charge in [-0.2, -0.15) is 0 Å². The number of amides is 4. The summed E-state index contributed by atoms with van der Waals surface area (Å²) in [6.45, 7) is 0.777. The quantitative estimate of drug-likeness (QED) is 0.579. The Bertz CT molecular complexity index is 580. The largest absolute Gasteiger partial charge is 0.369 e. The molecule has 0 heterocycles. The Morgan fingerprint density at radius 2 is 1.33 bits per heavy atom. The summed E-state index contributed by atoms with van der Waals surface area (Å²) >= 11 is 0. The molecule has 0 aromatic carbocycles. The zero-order valence-electron chi connectivity index (χ0n) is 16.1. The Hall–Kier alpha value is -2.12. The van der Waals surface area contributed by atoms with Gasteiger partial charge in [0.15, 0.2) is 0 Å². The van der Waals surface area contributed by atoms with Crippen LogP contribution in [-0.2, 0) is 19.2 Å². The molecule has 0 aliphatic heterocycles. The summed E-state index contributed by atoms with van der Waals surface area (Å²) in [6.07, 6.45) is 5.73. The van der Waals surface area contributed by atoms with Crippen LogP contribution >= 0.6 is 0 Å². The summed E-state index contributed by atoms with van der Waals surface area (Å²) in [5, 5.41) is 2.87. The highest BCUT2D eigenvalue weighted by atomic mass is 16.2. The third kappa shape index (κ3) is 5.94. The van der Waals surface area contributed by atoms with E-state index in [2.05, 4.69) is 5.32 Å². The van der Waals surface area contributed by atoms with E-state index in [1.54, 1.807) is 11.9 Å². The molecule has 4 atom stereocenters. The maximum atomic E-state index is 12.6. The van der Waals surface area contributed by atoms with Crippen molar-refractivity contribution in [2.45, 2.75) is 51.4 Å². The summed E-state index contributed by atoms with van der Waals surface area (Å²) in [6, 6.07) is 0. The average Bonchev–Trinajstić information content (AvgIpc) is 2.67. The zero-order valence-corrected chi connectivity index (χ0v) is 16.1. The van der Waals surface area contributed by atoms with Crippen molar-refractivity contribution < 1.29 is 19.2 Å². The van der Waals surface area contributed by atoms with Crippen LogP contribution in [0, 0.1) is 23.7 Å². The van der Waals surface area contributed by atoms with Crippen molar-refractivity contribution in [3.63, 3.8) is 0 Å². The van der Waals surface area contributed by atoms with Gasteiger partial charge in [-0.3, -0.25) is 19.2 Å². The van der Waals surface area contributed by atoms with Gasteiger partial charge in [-0.15, -0.1) is 0 Å².